The van der Waals surface area contributed by atoms with Gasteiger partial charge in [0, 0.05) is 32.7 Å². The molecule has 1 fully saturated rings. The number of piperazine rings is 1. The lowest BCUT2D eigenvalue weighted by Gasteiger charge is -2.34. The Balaban J connectivity index is 1.45. The molecule has 0 aliphatic carbocycles. The number of amides is 1. The van der Waals surface area contributed by atoms with E-state index in [0.717, 1.165) is 31.8 Å². The SMILES string of the molecule is Cc1cccc(CN2CCN(C(=O)COC(=O)c3ccc(S(N)(=O)=O)o3)CC2)c1. The summed E-state index contributed by atoms with van der Waals surface area (Å²) in [6.07, 6.45) is 0. The van der Waals surface area contributed by atoms with Crippen LogP contribution in [-0.2, 0) is 26.1 Å². The maximum atomic E-state index is 12.3. The third kappa shape index (κ3) is 5.66. The molecule has 0 atom stereocenters. The fraction of sp³-hybridized carbons (Fsp3) is 0.368. The highest BCUT2D eigenvalue weighted by Crippen LogP contribution is 2.14. The topological polar surface area (TPSA) is 123 Å². The number of carbonyl (C=O) groups is 2. The van der Waals surface area contributed by atoms with Gasteiger partial charge in [-0.2, -0.15) is 0 Å². The minimum absolute atomic E-state index is 0.313. The van der Waals surface area contributed by atoms with E-state index in [1.165, 1.54) is 11.1 Å². The van der Waals surface area contributed by atoms with Crippen molar-refractivity contribution in [3.63, 3.8) is 0 Å². The molecule has 1 aliphatic heterocycles. The Labute approximate surface area is 169 Å². The Hall–Kier alpha value is -2.69. The molecule has 0 spiro atoms. The third-order valence-electron chi connectivity index (χ3n) is 4.60. The Morgan fingerprint density at radius 2 is 1.86 bits per heavy atom. The lowest BCUT2D eigenvalue weighted by atomic mass is 10.1. The van der Waals surface area contributed by atoms with Crippen molar-refractivity contribution in [2.45, 2.75) is 18.6 Å². The number of benzene rings is 1. The van der Waals surface area contributed by atoms with Gasteiger partial charge >= 0.3 is 5.97 Å². The van der Waals surface area contributed by atoms with E-state index in [1.807, 2.05) is 6.07 Å². The molecule has 2 aromatic rings. The molecule has 0 unspecified atom stereocenters. The summed E-state index contributed by atoms with van der Waals surface area (Å²) in [5.74, 6) is -1.57. The number of ether oxygens (including phenoxy) is 1. The third-order valence-corrected chi connectivity index (χ3v) is 5.38. The van der Waals surface area contributed by atoms with Gasteiger partial charge in [-0.25, -0.2) is 18.4 Å². The summed E-state index contributed by atoms with van der Waals surface area (Å²) in [7, 11) is -4.05. The number of aryl methyl sites for hydroxylation is 1. The number of furan rings is 1. The monoisotopic (exact) mass is 421 g/mol. The van der Waals surface area contributed by atoms with Gasteiger partial charge < -0.3 is 14.1 Å². The molecule has 1 aromatic heterocycles. The lowest BCUT2D eigenvalue weighted by Crippen LogP contribution is -2.49. The van der Waals surface area contributed by atoms with E-state index in [-0.39, 0.29) is 11.7 Å². The summed E-state index contributed by atoms with van der Waals surface area (Å²) in [6, 6.07) is 10.5. The normalized spacial score (nSPS) is 15.3. The number of nitrogens with zero attached hydrogens (tertiary/aromatic N) is 2. The molecule has 1 amide bonds. The largest absolute Gasteiger partial charge is 0.450 e. The number of rotatable bonds is 6. The first-order valence-electron chi connectivity index (χ1n) is 9.08. The average molecular weight is 421 g/mol. The molecule has 29 heavy (non-hydrogen) atoms. The van der Waals surface area contributed by atoms with Crippen molar-refractivity contribution in [1.29, 1.82) is 0 Å². The van der Waals surface area contributed by atoms with E-state index in [9.17, 15) is 18.0 Å². The Morgan fingerprint density at radius 1 is 1.14 bits per heavy atom. The van der Waals surface area contributed by atoms with E-state index < -0.39 is 27.7 Å². The molecule has 1 saturated heterocycles. The highest BCUT2D eigenvalue weighted by atomic mass is 32.2. The second kappa shape index (κ2) is 8.76. The van der Waals surface area contributed by atoms with Crippen LogP contribution in [0.4, 0.5) is 0 Å². The van der Waals surface area contributed by atoms with E-state index in [4.69, 9.17) is 14.3 Å². The number of nitrogens with two attached hydrogens (primary N) is 1. The number of sulfonamides is 1. The van der Waals surface area contributed by atoms with E-state index in [2.05, 4.69) is 30.0 Å². The fourth-order valence-corrected chi connectivity index (χ4v) is 3.56. The van der Waals surface area contributed by atoms with Gasteiger partial charge in [0.15, 0.2) is 6.61 Å². The maximum absolute atomic E-state index is 12.3. The minimum Gasteiger partial charge on any atom is -0.450 e. The van der Waals surface area contributed by atoms with Crippen LogP contribution >= 0.6 is 0 Å². The van der Waals surface area contributed by atoms with Crippen molar-refractivity contribution in [2.24, 2.45) is 5.14 Å². The van der Waals surface area contributed by atoms with Crippen LogP contribution in [-0.4, -0.2) is 62.9 Å². The molecule has 9 nitrogen and oxygen atoms in total. The molecular formula is C19H23N3O6S. The Morgan fingerprint density at radius 3 is 2.48 bits per heavy atom. The first kappa shape index (κ1) is 21.0. The highest BCUT2D eigenvalue weighted by molar-refractivity contribution is 7.89. The summed E-state index contributed by atoms with van der Waals surface area (Å²) in [5.41, 5.74) is 2.45. The summed E-state index contributed by atoms with van der Waals surface area (Å²) >= 11 is 0. The fourth-order valence-electron chi connectivity index (χ4n) is 3.10. The van der Waals surface area contributed by atoms with E-state index in [1.54, 1.807) is 4.90 Å². The van der Waals surface area contributed by atoms with Gasteiger partial charge in [0.25, 0.3) is 15.9 Å². The van der Waals surface area contributed by atoms with E-state index in [0.29, 0.717) is 13.1 Å². The van der Waals surface area contributed by atoms with Crippen molar-refractivity contribution in [3.8, 4) is 0 Å². The lowest BCUT2D eigenvalue weighted by molar-refractivity contribution is -0.136. The van der Waals surface area contributed by atoms with Crippen LogP contribution < -0.4 is 5.14 Å². The first-order chi connectivity index (χ1) is 13.7. The van der Waals surface area contributed by atoms with Gasteiger partial charge in [0.2, 0.25) is 10.9 Å². The van der Waals surface area contributed by atoms with Gasteiger partial charge in [0.05, 0.1) is 0 Å². The number of hydrogen-bond acceptors (Lipinski definition) is 7. The predicted molar refractivity (Wildman–Crippen MR) is 103 cm³/mol. The summed E-state index contributed by atoms with van der Waals surface area (Å²) in [5, 5.41) is 4.38. The molecule has 2 heterocycles. The zero-order valence-corrected chi connectivity index (χ0v) is 16.9. The van der Waals surface area contributed by atoms with Crippen LogP contribution in [0.5, 0.6) is 0 Å². The Kier molecular flexibility index (Phi) is 6.36. The molecule has 0 radical (unpaired) electrons. The number of esters is 1. The van der Waals surface area contributed by atoms with Gasteiger partial charge in [-0.05, 0) is 24.6 Å². The molecule has 156 valence electrons. The molecule has 0 bridgehead atoms. The van der Waals surface area contributed by atoms with Crippen molar-refractivity contribution in [3.05, 3.63) is 53.3 Å². The molecule has 1 aliphatic rings. The smallest absolute Gasteiger partial charge is 0.374 e. The van der Waals surface area contributed by atoms with Crippen LogP contribution in [0, 0.1) is 6.92 Å². The summed E-state index contributed by atoms with van der Waals surface area (Å²) < 4.78 is 32.1. The molecule has 1 aromatic carbocycles. The van der Waals surface area contributed by atoms with E-state index >= 15 is 0 Å². The van der Waals surface area contributed by atoms with Crippen LogP contribution in [0.2, 0.25) is 0 Å². The zero-order valence-electron chi connectivity index (χ0n) is 16.0. The quantitative estimate of drug-likeness (QED) is 0.682. The van der Waals surface area contributed by atoms with Crippen LogP contribution in [0.15, 0.2) is 45.9 Å². The van der Waals surface area contributed by atoms with Crippen LogP contribution in [0.3, 0.4) is 0 Å². The van der Waals surface area contributed by atoms with Gasteiger partial charge in [-0.3, -0.25) is 9.69 Å². The van der Waals surface area contributed by atoms with Gasteiger partial charge in [0.1, 0.15) is 0 Å². The highest BCUT2D eigenvalue weighted by Gasteiger charge is 2.24. The average Bonchev–Trinajstić information content (AvgIpc) is 3.17. The molecule has 0 saturated carbocycles. The number of hydrogen-bond donors (Lipinski definition) is 1. The first-order valence-corrected chi connectivity index (χ1v) is 10.6. The molecule has 2 N–H and O–H groups in total. The molecular weight excluding hydrogens is 398 g/mol. The molecule has 10 heteroatoms. The van der Waals surface area contributed by atoms with Gasteiger partial charge in [-0.15, -0.1) is 0 Å². The standard InChI is InChI=1S/C19H23N3O6S/c1-14-3-2-4-15(11-14)12-21-7-9-22(10-8-21)17(23)13-27-19(24)16-5-6-18(28-16)29(20,25)26/h2-6,11H,7-10,12-13H2,1H3,(H2,20,25,26). The molecule has 3 rings (SSSR count). The van der Waals surface area contributed by atoms with Crippen LogP contribution in [0.25, 0.3) is 0 Å². The second-order valence-corrected chi connectivity index (χ2v) is 8.38. The van der Waals surface area contributed by atoms with Gasteiger partial charge in [-0.1, -0.05) is 29.8 Å². The van der Waals surface area contributed by atoms with Crippen LogP contribution in [0.1, 0.15) is 21.7 Å². The van der Waals surface area contributed by atoms with Crippen molar-refractivity contribution < 1.29 is 27.2 Å². The Bertz CT molecular complexity index is 993. The van der Waals surface area contributed by atoms with Crippen molar-refractivity contribution >= 4 is 21.9 Å². The minimum atomic E-state index is -4.05. The maximum Gasteiger partial charge on any atom is 0.374 e. The number of primary sulfonamides is 1. The zero-order chi connectivity index (χ0) is 21.0. The number of carbonyl (C=O) groups excluding carboxylic acids is 2. The van der Waals surface area contributed by atoms with Crippen molar-refractivity contribution in [1.82, 2.24) is 9.80 Å². The summed E-state index contributed by atoms with van der Waals surface area (Å²) in [6.45, 7) is 4.97. The summed E-state index contributed by atoms with van der Waals surface area (Å²) in [4.78, 5) is 28.1. The van der Waals surface area contributed by atoms with Crippen molar-refractivity contribution in [2.75, 3.05) is 32.8 Å². The second-order valence-electron chi connectivity index (χ2n) is 6.89. The predicted octanol–water partition coefficient (Wildman–Crippen LogP) is 0.737.